The number of aromatic nitrogens is 1. The van der Waals surface area contributed by atoms with Crippen LogP contribution in [0.2, 0.25) is 0 Å². The molecule has 1 heterocycles. The van der Waals surface area contributed by atoms with E-state index in [1.807, 2.05) is 6.07 Å². The molecule has 0 atom stereocenters. The molecule has 0 unspecified atom stereocenters. The number of ether oxygens (including phenoxy) is 1. The Morgan fingerprint density at radius 1 is 1.32 bits per heavy atom. The Morgan fingerprint density at radius 2 is 2.11 bits per heavy atom. The summed E-state index contributed by atoms with van der Waals surface area (Å²) >= 11 is 0. The minimum Gasteiger partial charge on any atom is -0.475 e. The van der Waals surface area contributed by atoms with E-state index in [-0.39, 0.29) is 5.54 Å². The van der Waals surface area contributed by atoms with Gasteiger partial charge in [-0.05, 0) is 43.7 Å². The van der Waals surface area contributed by atoms with Crippen LogP contribution >= 0.6 is 0 Å². The predicted octanol–water partition coefficient (Wildman–Crippen LogP) is 2.09. The van der Waals surface area contributed by atoms with Crippen LogP contribution < -0.4 is 10.5 Å². The maximum atomic E-state index is 9.20. The van der Waals surface area contributed by atoms with E-state index < -0.39 is 0 Å². The van der Waals surface area contributed by atoms with Crippen LogP contribution in [0.4, 0.5) is 0 Å². The molecule has 2 aliphatic carbocycles. The van der Waals surface area contributed by atoms with Crippen LogP contribution in [-0.2, 0) is 12.8 Å². The molecule has 4 nitrogen and oxygen atoms in total. The van der Waals surface area contributed by atoms with E-state index in [9.17, 15) is 5.26 Å². The van der Waals surface area contributed by atoms with Crippen molar-refractivity contribution in [1.82, 2.24) is 4.98 Å². The number of fused-ring (bicyclic) bond motifs is 1. The van der Waals surface area contributed by atoms with Crippen LogP contribution in [0.1, 0.15) is 48.9 Å². The molecular formula is C15H19N3O. The molecule has 1 aromatic rings. The van der Waals surface area contributed by atoms with Gasteiger partial charge in [0.2, 0.25) is 5.88 Å². The molecule has 1 fully saturated rings. The van der Waals surface area contributed by atoms with Crippen molar-refractivity contribution in [2.24, 2.45) is 5.73 Å². The molecule has 2 aliphatic rings. The third-order valence-electron chi connectivity index (χ3n) is 4.23. The lowest BCUT2D eigenvalue weighted by Gasteiger charge is -2.23. The van der Waals surface area contributed by atoms with Crippen molar-refractivity contribution in [2.75, 3.05) is 6.61 Å². The molecule has 1 aromatic heterocycles. The first-order valence-electron chi connectivity index (χ1n) is 7.05. The molecule has 0 aliphatic heterocycles. The standard InChI is InChI=1S/C15H19N3O/c16-9-12-8-11-4-3-5-13(11)18-14(12)19-10-15(17)6-1-2-7-15/h8H,1-7,10,17H2. The van der Waals surface area contributed by atoms with E-state index in [1.54, 1.807) is 0 Å². The fraction of sp³-hybridized carbons (Fsp3) is 0.600. The van der Waals surface area contributed by atoms with Crippen molar-refractivity contribution in [3.05, 3.63) is 22.9 Å². The zero-order chi connectivity index (χ0) is 13.3. The van der Waals surface area contributed by atoms with Crippen molar-refractivity contribution < 1.29 is 4.74 Å². The topological polar surface area (TPSA) is 71.9 Å². The first-order chi connectivity index (χ1) is 9.20. The number of hydrogen-bond donors (Lipinski definition) is 1. The third-order valence-corrected chi connectivity index (χ3v) is 4.23. The summed E-state index contributed by atoms with van der Waals surface area (Å²) in [5.41, 5.74) is 8.88. The highest BCUT2D eigenvalue weighted by atomic mass is 16.5. The van der Waals surface area contributed by atoms with Crippen molar-refractivity contribution >= 4 is 0 Å². The summed E-state index contributed by atoms with van der Waals surface area (Å²) in [6.45, 7) is 0.466. The van der Waals surface area contributed by atoms with Gasteiger partial charge in [0.1, 0.15) is 18.2 Å². The Labute approximate surface area is 113 Å². The number of nitrogens with two attached hydrogens (primary N) is 1. The minimum atomic E-state index is -0.229. The first-order valence-corrected chi connectivity index (χ1v) is 7.05. The average molecular weight is 257 g/mol. The Bertz CT molecular complexity index is 527. The summed E-state index contributed by atoms with van der Waals surface area (Å²) in [6.07, 6.45) is 7.48. The summed E-state index contributed by atoms with van der Waals surface area (Å²) in [5, 5.41) is 9.20. The number of nitrogens with zero attached hydrogens (tertiary/aromatic N) is 2. The lowest BCUT2D eigenvalue weighted by atomic mass is 10.0. The SMILES string of the molecule is N#Cc1cc2c(nc1OCC1(N)CCCC1)CCC2. The van der Waals surface area contributed by atoms with Crippen LogP contribution in [0.15, 0.2) is 6.07 Å². The highest BCUT2D eigenvalue weighted by Crippen LogP contribution is 2.30. The molecule has 0 saturated heterocycles. The van der Waals surface area contributed by atoms with Crippen molar-refractivity contribution in [1.29, 1.82) is 5.26 Å². The lowest BCUT2D eigenvalue weighted by Crippen LogP contribution is -2.42. The van der Waals surface area contributed by atoms with Gasteiger partial charge in [-0.2, -0.15) is 5.26 Å². The molecule has 2 N–H and O–H groups in total. The van der Waals surface area contributed by atoms with Gasteiger partial charge in [-0.25, -0.2) is 4.98 Å². The first kappa shape index (κ1) is 12.4. The monoisotopic (exact) mass is 257 g/mol. The Morgan fingerprint density at radius 3 is 2.84 bits per heavy atom. The molecule has 4 heteroatoms. The fourth-order valence-corrected chi connectivity index (χ4v) is 3.08. The maximum absolute atomic E-state index is 9.20. The highest BCUT2D eigenvalue weighted by Gasteiger charge is 2.30. The quantitative estimate of drug-likeness (QED) is 0.900. The third kappa shape index (κ3) is 2.43. The van der Waals surface area contributed by atoms with E-state index in [4.69, 9.17) is 10.5 Å². The fourth-order valence-electron chi connectivity index (χ4n) is 3.08. The van der Waals surface area contributed by atoms with Gasteiger partial charge in [-0.15, -0.1) is 0 Å². The molecule has 100 valence electrons. The van der Waals surface area contributed by atoms with Crippen LogP contribution in [-0.4, -0.2) is 17.1 Å². The number of pyridine rings is 1. The number of aryl methyl sites for hydroxylation is 2. The number of hydrogen-bond acceptors (Lipinski definition) is 4. The summed E-state index contributed by atoms with van der Waals surface area (Å²) in [7, 11) is 0. The van der Waals surface area contributed by atoms with Gasteiger partial charge in [0.25, 0.3) is 0 Å². The molecule has 0 amide bonds. The van der Waals surface area contributed by atoms with E-state index in [0.29, 0.717) is 18.1 Å². The van der Waals surface area contributed by atoms with Gasteiger partial charge in [-0.3, -0.25) is 0 Å². The zero-order valence-electron chi connectivity index (χ0n) is 11.1. The van der Waals surface area contributed by atoms with Crippen LogP contribution in [0, 0.1) is 11.3 Å². The van der Waals surface area contributed by atoms with Crippen LogP contribution in [0.3, 0.4) is 0 Å². The number of rotatable bonds is 3. The summed E-state index contributed by atoms with van der Waals surface area (Å²) in [5.74, 6) is 0.472. The average Bonchev–Trinajstić information content (AvgIpc) is 3.04. The smallest absolute Gasteiger partial charge is 0.231 e. The van der Waals surface area contributed by atoms with Gasteiger partial charge in [-0.1, -0.05) is 12.8 Å². The second-order valence-corrected chi connectivity index (χ2v) is 5.77. The molecule has 3 rings (SSSR count). The molecular weight excluding hydrogens is 238 g/mol. The second kappa shape index (κ2) is 4.82. The molecule has 0 spiro atoms. The van der Waals surface area contributed by atoms with E-state index in [0.717, 1.165) is 37.8 Å². The highest BCUT2D eigenvalue weighted by molar-refractivity contribution is 5.44. The Balaban J connectivity index is 1.79. The van der Waals surface area contributed by atoms with E-state index in [1.165, 1.54) is 18.4 Å². The molecule has 0 bridgehead atoms. The van der Waals surface area contributed by atoms with Crippen LogP contribution in [0.5, 0.6) is 5.88 Å². The van der Waals surface area contributed by atoms with Gasteiger partial charge < -0.3 is 10.5 Å². The van der Waals surface area contributed by atoms with E-state index in [2.05, 4.69) is 11.1 Å². The maximum Gasteiger partial charge on any atom is 0.231 e. The molecule has 0 aromatic carbocycles. The molecule has 0 radical (unpaired) electrons. The molecule has 19 heavy (non-hydrogen) atoms. The second-order valence-electron chi connectivity index (χ2n) is 5.77. The summed E-state index contributed by atoms with van der Waals surface area (Å²) < 4.78 is 5.78. The zero-order valence-corrected chi connectivity index (χ0v) is 11.1. The van der Waals surface area contributed by atoms with Gasteiger partial charge in [0, 0.05) is 5.69 Å². The lowest BCUT2D eigenvalue weighted by molar-refractivity contribution is 0.212. The number of nitriles is 1. The van der Waals surface area contributed by atoms with Crippen molar-refractivity contribution in [3.8, 4) is 11.9 Å². The predicted molar refractivity (Wildman–Crippen MR) is 71.9 cm³/mol. The summed E-state index contributed by atoms with van der Waals surface area (Å²) in [4.78, 5) is 4.52. The van der Waals surface area contributed by atoms with Crippen molar-refractivity contribution in [3.63, 3.8) is 0 Å². The van der Waals surface area contributed by atoms with Gasteiger partial charge in [0.05, 0.1) is 5.54 Å². The van der Waals surface area contributed by atoms with Gasteiger partial charge in [0.15, 0.2) is 0 Å². The largest absolute Gasteiger partial charge is 0.475 e. The normalized spacial score (nSPS) is 20.0. The molecule has 1 saturated carbocycles. The van der Waals surface area contributed by atoms with Crippen molar-refractivity contribution in [2.45, 2.75) is 50.5 Å². The van der Waals surface area contributed by atoms with E-state index >= 15 is 0 Å². The Hall–Kier alpha value is -1.60. The minimum absolute atomic E-state index is 0.229. The van der Waals surface area contributed by atoms with Gasteiger partial charge >= 0.3 is 0 Å². The summed E-state index contributed by atoms with van der Waals surface area (Å²) in [6, 6.07) is 4.12. The Kier molecular flexibility index (Phi) is 3.16. The van der Waals surface area contributed by atoms with Crippen LogP contribution in [0.25, 0.3) is 0 Å².